The number of hydrogen-bond donors (Lipinski definition) is 1. The zero-order valence-electron chi connectivity index (χ0n) is 10.4. The lowest BCUT2D eigenvalue weighted by Gasteiger charge is -2.09. The number of benzene rings is 2. The summed E-state index contributed by atoms with van der Waals surface area (Å²) in [7, 11) is 0. The largest absolute Gasteiger partial charge is 0.306 e. The average Bonchev–Trinajstić information content (AvgIpc) is 3.04. The minimum Gasteiger partial charge on any atom is -0.306 e. The van der Waals surface area contributed by atoms with E-state index in [9.17, 15) is 0 Å². The van der Waals surface area contributed by atoms with Crippen LogP contribution in [0, 0.1) is 0 Å². The summed E-state index contributed by atoms with van der Waals surface area (Å²) in [6.07, 6.45) is 3.93. The number of hydrazine groups is 1. The average molecular weight is 247 g/mol. The molecular formula is C16H13N3. The Kier molecular flexibility index (Phi) is 2.11. The van der Waals surface area contributed by atoms with Gasteiger partial charge in [-0.05, 0) is 29.0 Å². The van der Waals surface area contributed by atoms with E-state index < -0.39 is 0 Å². The number of hydrogen-bond acceptors (Lipinski definition) is 3. The van der Waals surface area contributed by atoms with Gasteiger partial charge >= 0.3 is 0 Å². The molecule has 19 heavy (non-hydrogen) atoms. The van der Waals surface area contributed by atoms with E-state index in [-0.39, 0.29) is 0 Å². The number of rotatable bonds is 0. The van der Waals surface area contributed by atoms with E-state index in [1.54, 1.807) is 5.01 Å². The number of aliphatic imine (C=N–C) groups is 1. The van der Waals surface area contributed by atoms with Crippen LogP contribution in [-0.2, 0) is 0 Å². The minimum atomic E-state index is 0.740. The van der Waals surface area contributed by atoms with Gasteiger partial charge in [-0.25, -0.2) is 5.84 Å². The van der Waals surface area contributed by atoms with Crippen molar-refractivity contribution in [2.45, 2.75) is 0 Å². The van der Waals surface area contributed by atoms with Crippen molar-refractivity contribution in [3.05, 3.63) is 58.5 Å². The Morgan fingerprint density at radius 1 is 1.05 bits per heavy atom. The van der Waals surface area contributed by atoms with E-state index in [1.807, 2.05) is 18.3 Å². The standard InChI is InChI=1S/C16H13N3/c17-19-10-14(13-4-1-2-7-16(13)19)11-5-3-6-15-12(11)8-9-18-15/h1-9H,10,17H2. The Morgan fingerprint density at radius 2 is 1.95 bits per heavy atom. The predicted octanol–water partition coefficient (Wildman–Crippen LogP) is 1.08. The topological polar surface area (TPSA) is 41.6 Å². The van der Waals surface area contributed by atoms with E-state index in [2.05, 4.69) is 41.4 Å². The van der Waals surface area contributed by atoms with Crippen molar-refractivity contribution >= 4 is 29.2 Å². The van der Waals surface area contributed by atoms with Crippen molar-refractivity contribution in [2.75, 3.05) is 11.6 Å². The van der Waals surface area contributed by atoms with Gasteiger partial charge in [0.25, 0.3) is 0 Å². The predicted molar refractivity (Wildman–Crippen MR) is 78.8 cm³/mol. The maximum absolute atomic E-state index is 6.09. The van der Waals surface area contributed by atoms with Crippen LogP contribution in [0.3, 0.4) is 0 Å². The van der Waals surface area contributed by atoms with Crippen LogP contribution >= 0.6 is 0 Å². The second-order valence-electron chi connectivity index (χ2n) is 4.81. The maximum atomic E-state index is 6.09. The van der Waals surface area contributed by atoms with Crippen LogP contribution in [0.25, 0.3) is 11.6 Å². The normalized spacial score (nSPS) is 18.3. The molecule has 3 nitrogen and oxygen atoms in total. The summed E-state index contributed by atoms with van der Waals surface area (Å²) in [5.41, 5.74) is 4.63. The molecule has 0 fully saturated rings. The fourth-order valence-electron chi connectivity index (χ4n) is 2.85. The van der Waals surface area contributed by atoms with Gasteiger partial charge in [0.15, 0.2) is 0 Å². The van der Waals surface area contributed by atoms with Gasteiger partial charge in [-0.2, -0.15) is 0 Å². The third-order valence-corrected chi connectivity index (χ3v) is 3.73. The molecule has 2 aromatic rings. The molecule has 0 aliphatic carbocycles. The van der Waals surface area contributed by atoms with Crippen LogP contribution < -0.4 is 21.3 Å². The van der Waals surface area contributed by atoms with Crippen molar-refractivity contribution in [3.63, 3.8) is 0 Å². The SMILES string of the molecule is NN1CC(=c2cccc3c2=CC=N3)c2ccccc21. The quantitative estimate of drug-likeness (QED) is 0.708. The number of anilines is 1. The van der Waals surface area contributed by atoms with Crippen LogP contribution in [0.2, 0.25) is 0 Å². The van der Waals surface area contributed by atoms with Gasteiger partial charge in [0, 0.05) is 17.0 Å². The molecular weight excluding hydrogens is 234 g/mol. The third kappa shape index (κ3) is 1.45. The summed E-state index contributed by atoms with van der Waals surface area (Å²) in [5, 5.41) is 4.23. The van der Waals surface area contributed by atoms with Gasteiger partial charge in [0.05, 0.1) is 17.9 Å². The summed E-state index contributed by atoms with van der Waals surface area (Å²) < 4.78 is 0. The fraction of sp³-hybridized carbons (Fsp3) is 0.0625. The van der Waals surface area contributed by atoms with Crippen LogP contribution in [-0.4, -0.2) is 12.8 Å². The van der Waals surface area contributed by atoms with Gasteiger partial charge in [-0.1, -0.05) is 30.3 Å². The zero-order valence-corrected chi connectivity index (χ0v) is 10.4. The molecule has 0 spiro atoms. The summed E-state index contributed by atoms with van der Waals surface area (Å²) in [6.45, 7) is 0.740. The third-order valence-electron chi connectivity index (χ3n) is 3.73. The van der Waals surface area contributed by atoms with Gasteiger partial charge < -0.3 is 5.01 Å². The molecule has 0 atom stereocenters. The lowest BCUT2D eigenvalue weighted by molar-refractivity contribution is 0.980. The van der Waals surface area contributed by atoms with Crippen molar-refractivity contribution < 1.29 is 0 Å². The van der Waals surface area contributed by atoms with Gasteiger partial charge in [-0.3, -0.25) is 4.99 Å². The molecule has 0 amide bonds. The van der Waals surface area contributed by atoms with E-state index in [1.165, 1.54) is 21.6 Å². The van der Waals surface area contributed by atoms with Gasteiger partial charge in [0.1, 0.15) is 0 Å². The van der Waals surface area contributed by atoms with Crippen molar-refractivity contribution in [1.29, 1.82) is 0 Å². The van der Waals surface area contributed by atoms with Crippen LogP contribution in [0.1, 0.15) is 5.56 Å². The lowest BCUT2D eigenvalue weighted by Crippen LogP contribution is -2.32. The molecule has 92 valence electrons. The molecule has 0 bridgehead atoms. The molecule has 0 unspecified atom stereocenters. The molecule has 2 heterocycles. The maximum Gasteiger partial charge on any atom is 0.0708 e. The van der Waals surface area contributed by atoms with E-state index in [0.717, 1.165) is 17.9 Å². The summed E-state index contributed by atoms with van der Waals surface area (Å²) >= 11 is 0. The van der Waals surface area contributed by atoms with E-state index in [0.29, 0.717) is 0 Å². The molecule has 3 heteroatoms. The number of nitrogens with two attached hydrogens (primary N) is 1. The summed E-state index contributed by atoms with van der Waals surface area (Å²) in [5.74, 6) is 6.09. The zero-order chi connectivity index (χ0) is 12.8. The molecule has 4 rings (SSSR count). The molecule has 0 saturated carbocycles. The Morgan fingerprint density at radius 3 is 2.89 bits per heavy atom. The van der Waals surface area contributed by atoms with Crippen LogP contribution in [0.4, 0.5) is 11.4 Å². The summed E-state index contributed by atoms with van der Waals surface area (Å²) in [6, 6.07) is 14.5. The Balaban J connectivity index is 2.11. The fourth-order valence-corrected chi connectivity index (χ4v) is 2.85. The van der Waals surface area contributed by atoms with Crippen LogP contribution in [0.15, 0.2) is 47.5 Å². The van der Waals surface area contributed by atoms with Crippen molar-refractivity contribution in [1.82, 2.24) is 0 Å². The second-order valence-corrected chi connectivity index (χ2v) is 4.81. The number of fused-ring (bicyclic) bond motifs is 2. The molecule has 0 radical (unpaired) electrons. The first kappa shape index (κ1) is 10.5. The van der Waals surface area contributed by atoms with Gasteiger partial charge in [0.2, 0.25) is 0 Å². The first-order valence-corrected chi connectivity index (χ1v) is 6.33. The molecule has 2 aliphatic heterocycles. The Hall–Kier alpha value is -2.39. The highest BCUT2D eigenvalue weighted by Crippen LogP contribution is 2.31. The van der Waals surface area contributed by atoms with Crippen molar-refractivity contribution in [3.8, 4) is 0 Å². The smallest absolute Gasteiger partial charge is 0.0708 e. The van der Waals surface area contributed by atoms with E-state index >= 15 is 0 Å². The Labute approximate surface area is 111 Å². The second kappa shape index (κ2) is 3.80. The monoisotopic (exact) mass is 247 g/mol. The van der Waals surface area contributed by atoms with E-state index in [4.69, 9.17) is 5.84 Å². The molecule has 2 aliphatic rings. The minimum absolute atomic E-state index is 0.740. The van der Waals surface area contributed by atoms with Gasteiger partial charge in [-0.15, -0.1) is 0 Å². The highest BCUT2D eigenvalue weighted by molar-refractivity contribution is 5.97. The highest BCUT2D eigenvalue weighted by Gasteiger charge is 2.21. The molecule has 0 saturated heterocycles. The number of para-hydroxylation sites is 1. The van der Waals surface area contributed by atoms with Crippen LogP contribution in [0.5, 0.6) is 0 Å². The molecule has 2 aromatic carbocycles. The van der Waals surface area contributed by atoms with Crippen molar-refractivity contribution in [2.24, 2.45) is 10.8 Å². The first-order valence-electron chi connectivity index (χ1n) is 6.33. The Bertz CT molecular complexity index is 818. The highest BCUT2D eigenvalue weighted by atomic mass is 15.4. The summed E-state index contributed by atoms with van der Waals surface area (Å²) in [4.78, 5) is 4.37. The molecule has 2 N–H and O–H groups in total. The number of nitrogens with zero attached hydrogens (tertiary/aromatic N) is 2. The first-order chi connectivity index (χ1) is 9.34. The lowest BCUT2D eigenvalue weighted by atomic mass is 10.0. The molecule has 0 aromatic heterocycles.